The summed E-state index contributed by atoms with van der Waals surface area (Å²) in [6.07, 6.45) is 0. The molecule has 0 N–H and O–H groups in total. The highest BCUT2D eigenvalue weighted by atomic mass is 16.3. The van der Waals surface area contributed by atoms with Crippen molar-refractivity contribution in [3.63, 3.8) is 0 Å². The van der Waals surface area contributed by atoms with Gasteiger partial charge in [0.1, 0.15) is 11.2 Å². The van der Waals surface area contributed by atoms with Crippen LogP contribution in [0, 0.1) is 0 Å². The maximum absolute atomic E-state index is 6.79. The Labute approximate surface area is 376 Å². The van der Waals surface area contributed by atoms with E-state index in [1.54, 1.807) is 0 Å². The van der Waals surface area contributed by atoms with Crippen LogP contribution >= 0.6 is 0 Å². The highest BCUT2D eigenvalue weighted by Gasteiger charge is 2.20. The van der Waals surface area contributed by atoms with E-state index in [0.717, 1.165) is 71.8 Å². The molecule has 2 heterocycles. The first-order valence-corrected chi connectivity index (χ1v) is 21.9. The minimum atomic E-state index is 0.576. The van der Waals surface area contributed by atoms with E-state index < -0.39 is 0 Å². The second-order valence-corrected chi connectivity index (χ2v) is 16.3. The number of para-hydroxylation sites is 1. The molecular formula is C61H39N3O. The van der Waals surface area contributed by atoms with E-state index in [9.17, 15) is 0 Å². The number of furan rings is 1. The van der Waals surface area contributed by atoms with Gasteiger partial charge in [-0.2, -0.15) is 0 Å². The number of fused-ring (bicyclic) bond motifs is 4. The second-order valence-electron chi connectivity index (χ2n) is 16.3. The van der Waals surface area contributed by atoms with Gasteiger partial charge in [0.2, 0.25) is 0 Å². The van der Waals surface area contributed by atoms with Crippen LogP contribution in [0.3, 0.4) is 0 Å². The Morgan fingerprint density at radius 1 is 0.262 bits per heavy atom. The third kappa shape index (κ3) is 7.13. The first-order chi connectivity index (χ1) is 32.2. The van der Waals surface area contributed by atoms with Crippen LogP contribution in [0.5, 0.6) is 0 Å². The Hall–Kier alpha value is -8.73. The van der Waals surface area contributed by atoms with Crippen LogP contribution in [-0.2, 0) is 0 Å². The summed E-state index contributed by atoms with van der Waals surface area (Å²) >= 11 is 0. The van der Waals surface area contributed by atoms with Gasteiger partial charge < -0.3 is 4.42 Å². The van der Waals surface area contributed by atoms with Crippen molar-refractivity contribution in [2.45, 2.75) is 0 Å². The molecule has 0 atom stereocenters. The molecule has 0 saturated carbocycles. The summed E-state index contributed by atoms with van der Waals surface area (Å²) in [5, 5.41) is 4.25. The zero-order chi connectivity index (χ0) is 43.1. The van der Waals surface area contributed by atoms with Crippen molar-refractivity contribution in [3.05, 3.63) is 237 Å². The Morgan fingerprint density at radius 3 is 1.43 bits per heavy atom. The lowest BCUT2D eigenvalue weighted by atomic mass is 9.96. The molecule has 10 aromatic carbocycles. The lowest BCUT2D eigenvalue weighted by molar-refractivity contribution is 0.670. The van der Waals surface area contributed by atoms with Gasteiger partial charge in [-0.1, -0.05) is 212 Å². The maximum atomic E-state index is 6.79. The lowest BCUT2D eigenvalue weighted by Crippen LogP contribution is -2.00. The molecule has 65 heavy (non-hydrogen) atoms. The number of hydrogen-bond acceptors (Lipinski definition) is 4. The van der Waals surface area contributed by atoms with Gasteiger partial charge in [0, 0.05) is 33.0 Å². The summed E-state index contributed by atoms with van der Waals surface area (Å²) < 4.78 is 6.79. The lowest BCUT2D eigenvalue weighted by Gasteiger charge is -2.12. The molecule has 0 radical (unpaired) electrons. The largest absolute Gasteiger partial charge is 0.455 e. The van der Waals surface area contributed by atoms with Crippen LogP contribution in [0.15, 0.2) is 241 Å². The van der Waals surface area contributed by atoms with E-state index in [2.05, 4.69) is 212 Å². The summed E-state index contributed by atoms with van der Waals surface area (Å²) in [5.74, 6) is 1.77. The van der Waals surface area contributed by atoms with Crippen molar-refractivity contribution in [2.75, 3.05) is 0 Å². The zero-order valence-electron chi connectivity index (χ0n) is 35.3. The highest BCUT2D eigenvalue weighted by Crippen LogP contribution is 2.41. The summed E-state index contributed by atoms with van der Waals surface area (Å²) in [4.78, 5) is 15.8. The first-order valence-electron chi connectivity index (χ1n) is 21.9. The Kier molecular flexibility index (Phi) is 9.46. The fraction of sp³-hybridized carbons (Fsp3) is 0. The Bertz CT molecular complexity index is 3690. The van der Waals surface area contributed by atoms with Gasteiger partial charge in [-0.05, 0) is 85.1 Å². The van der Waals surface area contributed by atoms with Crippen LogP contribution < -0.4 is 0 Å². The van der Waals surface area contributed by atoms with Crippen molar-refractivity contribution < 1.29 is 4.42 Å². The van der Waals surface area contributed by atoms with Crippen LogP contribution in [0.25, 0.3) is 123 Å². The van der Waals surface area contributed by atoms with Crippen LogP contribution in [0.4, 0.5) is 0 Å². The molecule has 0 aliphatic heterocycles. The summed E-state index contributed by atoms with van der Waals surface area (Å²) in [7, 11) is 0. The van der Waals surface area contributed by atoms with E-state index >= 15 is 0 Å². The molecule has 0 unspecified atom stereocenters. The molecule has 304 valence electrons. The fourth-order valence-corrected chi connectivity index (χ4v) is 9.13. The van der Waals surface area contributed by atoms with Gasteiger partial charge in [-0.15, -0.1) is 0 Å². The Morgan fingerprint density at radius 2 is 0.738 bits per heavy atom. The van der Waals surface area contributed by atoms with Crippen molar-refractivity contribution in [3.8, 4) is 89.8 Å². The zero-order valence-corrected chi connectivity index (χ0v) is 35.3. The summed E-state index contributed by atoms with van der Waals surface area (Å²) in [6.45, 7) is 0. The maximum Gasteiger partial charge on any atom is 0.164 e. The van der Waals surface area contributed by atoms with Crippen LogP contribution in [-0.4, -0.2) is 15.0 Å². The normalized spacial score (nSPS) is 11.4. The van der Waals surface area contributed by atoms with Crippen molar-refractivity contribution in [1.82, 2.24) is 15.0 Å². The minimum Gasteiger partial charge on any atom is -0.455 e. The van der Waals surface area contributed by atoms with Gasteiger partial charge in [-0.3, -0.25) is 0 Å². The molecular weight excluding hydrogens is 791 g/mol. The number of hydrogen-bond donors (Lipinski definition) is 0. The average Bonchev–Trinajstić information content (AvgIpc) is 3.78. The number of nitrogens with zero attached hydrogens (tertiary/aromatic N) is 3. The smallest absolute Gasteiger partial charge is 0.164 e. The van der Waals surface area contributed by atoms with Crippen LogP contribution in [0.1, 0.15) is 0 Å². The molecule has 0 saturated heterocycles. The molecule has 12 aromatic rings. The molecule has 2 aromatic heterocycles. The minimum absolute atomic E-state index is 0.576. The number of rotatable bonds is 8. The third-order valence-corrected chi connectivity index (χ3v) is 12.3. The molecule has 0 spiro atoms. The summed E-state index contributed by atoms with van der Waals surface area (Å²) in [6, 6.07) is 82.9. The van der Waals surface area contributed by atoms with Crippen molar-refractivity contribution in [1.29, 1.82) is 0 Å². The predicted molar refractivity (Wildman–Crippen MR) is 268 cm³/mol. The monoisotopic (exact) mass is 829 g/mol. The van der Waals surface area contributed by atoms with Gasteiger partial charge >= 0.3 is 0 Å². The van der Waals surface area contributed by atoms with Crippen molar-refractivity contribution >= 4 is 32.7 Å². The van der Waals surface area contributed by atoms with E-state index in [1.165, 1.54) is 33.2 Å². The van der Waals surface area contributed by atoms with Crippen molar-refractivity contribution in [2.24, 2.45) is 0 Å². The van der Waals surface area contributed by atoms with E-state index in [1.807, 2.05) is 24.3 Å². The third-order valence-electron chi connectivity index (χ3n) is 12.3. The first kappa shape index (κ1) is 38.0. The molecule has 12 rings (SSSR count). The molecule has 4 nitrogen and oxygen atoms in total. The highest BCUT2D eigenvalue weighted by molar-refractivity contribution is 6.15. The predicted octanol–water partition coefficient (Wildman–Crippen LogP) is 16.3. The molecule has 0 amide bonds. The quantitative estimate of drug-likeness (QED) is 0.153. The standard InChI is InChI=1S/C61H39N3O/c1-4-15-40(16-5-1)45-21-10-22-46(37-45)42-31-33-44(34-32-42)59-62-60(50-35-36-52-48(39-50)25-12-26-51(52)43-19-8-3-9-20-43)64-61(63-59)55-29-14-30-56-57(55)54-28-13-27-53(58(54)65-56)49-24-11-23-47(38-49)41-17-6-2-7-18-41/h1-39H. The molecule has 0 bridgehead atoms. The molecule has 0 aliphatic rings. The number of benzene rings is 10. The molecule has 0 aliphatic carbocycles. The second kappa shape index (κ2) is 16.2. The molecule has 0 fully saturated rings. The Balaban J connectivity index is 1.00. The van der Waals surface area contributed by atoms with Gasteiger partial charge in [0.15, 0.2) is 17.5 Å². The SMILES string of the molecule is c1ccc(-c2cccc(-c3ccc(-c4nc(-c5ccc6c(-c7ccccc7)cccc6c5)nc(-c5cccc6oc7c(-c8cccc(-c9ccccc9)c8)cccc7c56)n4)cc3)c2)cc1. The van der Waals surface area contributed by atoms with Gasteiger partial charge in [-0.25, -0.2) is 15.0 Å². The van der Waals surface area contributed by atoms with Crippen LogP contribution in [0.2, 0.25) is 0 Å². The fourth-order valence-electron chi connectivity index (χ4n) is 9.13. The van der Waals surface area contributed by atoms with Gasteiger partial charge in [0.05, 0.1) is 0 Å². The average molecular weight is 830 g/mol. The molecule has 4 heteroatoms. The van der Waals surface area contributed by atoms with E-state index in [-0.39, 0.29) is 0 Å². The van der Waals surface area contributed by atoms with Gasteiger partial charge in [0.25, 0.3) is 0 Å². The topological polar surface area (TPSA) is 51.8 Å². The van der Waals surface area contributed by atoms with E-state index in [4.69, 9.17) is 19.4 Å². The number of aromatic nitrogens is 3. The van der Waals surface area contributed by atoms with E-state index in [0.29, 0.717) is 17.5 Å². The summed E-state index contributed by atoms with van der Waals surface area (Å²) in [5.41, 5.74) is 15.7.